The van der Waals surface area contributed by atoms with Gasteiger partial charge in [0.2, 0.25) is 0 Å². The van der Waals surface area contributed by atoms with Crippen LogP contribution in [0.2, 0.25) is 0 Å². The lowest BCUT2D eigenvalue weighted by Gasteiger charge is -2.26. The Morgan fingerprint density at radius 1 is 0.844 bits per heavy atom. The summed E-state index contributed by atoms with van der Waals surface area (Å²) in [4.78, 5) is 0. The maximum atomic E-state index is 13.0. The molecule has 1 aromatic heterocycles. The van der Waals surface area contributed by atoms with E-state index < -0.39 is 17.8 Å². The predicted octanol–water partition coefficient (Wildman–Crippen LogP) is 5.59. The number of para-hydroxylation sites is 1. The Kier molecular flexibility index (Phi) is 6.63. The first-order chi connectivity index (χ1) is 15.4. The highest BCUT2D eigenvalue weighted by Crippen LogP contribution is 2.29. The molecule has 2 atom stereocenters. The topological polar surface area (TPSA) is 37.2 Å². The molecule has 3 nitrogen and oxygen atoms in total. The molecule has 32 heavy (non-hydrogen) atoms. The molecular weight excluding hydrogens is 413 g/mol. The molecule has 0 aliphatic heterocycles. The van der Waals surface area contributed by atoms with E-state index in [0.29, 0.717) is 12.0 Å². The SMILES string of the molecule is O[C@H](CNCc1cccc(C(F)(F)F)c1)[C@H](Cc1ccccc1)n1ccc2ccccc21. The van der Waals surface area contributed by atoms with Gasteiger partial charge in [0.15, 0.2) is 0 Å². The number of hydrogen-bond acceptors (Lipinski definition) is 2. The number of fused-ring (bicyclic) bond motifs is 1. The van der Waals surface area contributed by atoms with Crippen molar-refractivity contribution in [1.82, 2.24) is 9.88 Å². The standard InChI is InChI=1S/C26H25F3N2O/c27-26(28,29)22-11-6-9-20(15-22)17-30-18-25(32)24(16-19-7-2-1-3-8-19)31-14-13-21-10-4-5-12-23(21)31/h1-15,24-25,30,32H,16-18H2/t24-,25+/m0/s1. The van der Waals surface area contributed by atoms with E-state index in [0.717, 1.165) is 28.6 Å². The first kappa shape index (κ1) is 22.1. The molecule has 0 unspecified atom stereocenters. The Labute approximate surface area is 185 Å². The quantitative estimate of drug-likeness (QED) is 0.376. The third-order valence-electron chi connectivity index (χ3n) is 5.66. The van der Waals surface area contributed by atoms with Gasteiger partial charge in [-0.3, -0.25) is 0 Å². The van der Waals surface area contributed by atoms with E-state index in [1.54, 1.807) is 6.07 Å². The second-order valence-corrected chi connectivity index (χ2v) is 7.94. The number of nitrogens with one attached hydrogen (secondary N) is 1. The van der Waals surface area contributed by atoms with Gasteiger partial charge in [0, 0.05) is 24.8 Å². The maximum Gasteiger partial charge on any atom is 0.416 e. The second-order valence-electron chi connectivity index (χ2n) is 7.94. The number of alkyl halides is 3. The molecule has 166 valence electrons. The van der Waals surface area contributed by atoms with Crippen molar-refractivity contribution in [1.29, 1.82) is 0 Å². The van der Waals surface area contributed by atoms with Gasteiger partial charge in [-0.1, -0.05) is 66.7 Å². The highest BCUT2D eigenvalue weighted by atomic mass is 19.4. The van der Waals surface area contributed by atoms with Gasteiger partial charge < -0.3 is 15.0 Å². The van der Waals surface area contributed by atoms with Crippen LogP contribution in [0.1, 0.15) is 22.7 Å². The van der Waals surface area contributed by atoms with Crippen LogP contribution in [0.15, 0.2) is 91.1 Å². The number of aliphatic hydroxyl groups excluding tert-OH is 1. The smallest absolute Gasteiger partial charge is 0.390 e. The van der Waals surface area contributed by atoms with Crippen LogP contribution >= 0.6 is 0 Å². The second kappa shape index (κ2) is 9.59. The minimum Gasteiger partial charge on any atom is -0.390 e. The van der Waals surface area contributed by atoms with Gasteiger partial charge in [0.05, 0.1) is 17.7 Å². The number of benzene rings is 3. The summed E-state index contributed by atoms with van der Waals surface area (Å²) in [5, 5.41) is 15.3. The van der Waals surface area contributed by atoms with Crippen molar-refractivity contribution in [3.05, 3.63) is 108 Å². The number of aromatic nitrogens is 1. The predicted molar refractivity (Wildman–Crippen MR) is 120 cm³/mol. The molecule has 0 amide bonds. The number of rotatable bonds is 8. The summed E-state index contributed by atoms with van der Waals surface area (Å²) in [5.74, 6) is 0. The normalized spacial score (nSPS) is 13.9. The molecule has 2 N–H and O–H groups in total. The summed E-state index contributed by atoms with van der Waals surface area (Å²) < 4.78 is 40.9. The molecule has 0 radical (unpaired) electrons. The van der Waals surface area contributed by atoms with E-state index in [9.17, 15) is 18.3 Å². The van der Waals surface area contributed by atoms with Gasteiger partial charge in [-0.05, 0) is 41.1 Å². The molecule has 0 saturated carbocycles. The zero-order chi connectivity index (χ0) is 22.6. The molecule has 0 saturated heterocycles. The Balaban J connectivity index is 1.50. The molecule has 4 rings (SSSR count). The summed E-state index contributed by atoms with van der Waals surface area (Å²) in [6, 6.07) is 25.0. The molecule has 0 spiro atoms. The van der Waals surface area contributed by atoms with Crippen LogP contribution in [0.4, 0.5) is 13.2 Å². The fourth-order valence-electron chi connectivity index (χ4n) is 4.03. The van der Waals surface area contributed by atoms with E-state index in [2.05, 4.69) is 9.88 Å². The first-order valence-electron chi connectivity index (χ1n) is 10.6. The minimum atomic E-state index is -4.37. The van der Waals surface area contributed by atoms with Crippen molar-refractivity contribution in [2.24, 2.45) is 0 Å². The van der Waals surface area contributed by atoms with Crippen LogP contribution in [0, 0.1) is 0 Å². The third-order valence-corrected chi connectivity index (χ3v) is 5.66. The Morgan fingerprint density at radius 3 is 2.34 bits per heavy atom. The molecule has 1 heterocycles. The summed E-state index contributed by atoms with van der Waals surface area (Å²) in [6.45, 7) is 0.492. The largest absolute Gasteiger partial charge is 0.416 e. The van der Waals surface area contributed by atoms with Crippen molar-refractivity contribution >= 4 is 10.9 Å². The fourth-order valence-corrected chi connectivity index (χ4v) is 4.03. The van der Waals surface area contributed by atoms with Crippen molar-refractivity contribution in [3.63, 3.8) is 0 Å². The average Bonchev–Trinajstić information content (AvgIpc) is 3.22. The lowest BCUT2D eigenvalue weighted by molar-refractivity contribution is -0.137. The highest BCUT2D eigenvalue weighted by Gasteiger charge is 2.30. The first-order valence-corrected chi connectivity index (χ1v) is 10.6. The van der Waals surface area contributed by atoms with Gasteiger partial charge in [-0.15, -0.1) is 0 Å². The van der Waals surface area contributed by atoms with E-state index in [-0.39, 0.29) is 19.1 Å². The van der Waals surface area contributed by atoms with E-state index in [1.165, 1.54) is 6.07 Å². The molecule has 0 fully saturated rings. The van der Waals surface area contributed by atoms with Crippen LogP contribution in [-0.4, -0.2) is 22.3 Å². The van der Waals surface area contributed by atoms with Crippen LogP contribution in [0.25, 0.3) is 10.9 Å². The maximum absolute atomic E-state index is 13.0. The monoisotopic (exact) mass is 438 g/mol. The van der Waals surface area contributed by atoms with Crippen LogP contribution in [0.3, 0.4) is 0 Å². The van der Waals surface area contributed by atoms with Gasteiger partial charge in [-0.25, -0.2) is 0 Å². The molecular formula is C26H25F3N2O. The fraction of sp³-hybridized carbons (Fsp3) is 0.231. The Bertz CT molecular complexity index is 1150. The summed E-state index contributed by atoms with van der Waals surface area (Å²) in [7, 11) is 0. The molecule has 3 aromatic carbocycles. The average molecular weight is 438 g/mol. The number of halogens is 3. The van der Waals surface area contributed by atoms with Gasteiger partial charge in [0.25, 0.3) is 0 Å². The van der Waals surface area contributed by atoms with Crippen molar-refractivity contribution < 1.29 is 18.3 Å². The van der Waals surface area contributed by atoms with Gasteiger partial charge in [-0.2, -0.15) is 13.2 Å². The van der Waals surface area contributed by atoms with Crippen LogP contribution in [-0.2, 0) is 19.1 Å². The Hall–Kier alpha value is -3.09. The van der Waals surface area contributed by atoms with Crippen LogP contribution in [0.5, 0.6) is 0 Å². The highest BCUT2D eigenvalue weighted by molar-refractivity contribution is 5.80. The summed E-state index contributed by atoms with van der Waals surface area (Å²) >= 11 is 0. The van der Waals surface area contributed by atoms with Gasteiger partial charge in [0.1, 0.15) is 0 Å². The van der Waals surface area contributed by atoms with Crippen LogP contribution < -0.4 is 5.32 Å². The third kappa shape index (κ3) is 5.21. The van der Waals surface area contributed by atoms with Crippen molar-refractivity contribution in [2.45, 2.75) is 31.3 Å². The molecule has 4 aromatic rings. The zero-order valence-electron chi connectivity index (χ0n) is 17.5. The van der Waals surface area contributed by atoms with E-state index >= 15 is 0 Å². The Morgan fingerprint density at radius 2 is 1.56 bits per heavy atom. The number of hydrogen-bond donors (Lipinski definition) is 2. The molecule has 0 bridgehead atoms. The lowest BCUT2D eigenvalue weighted by atomic mass is 10.0. The van der Waals surface area contributed by atoms with E-state index in [4.69, 9.17) is 0 Å². The van der Waals surface area contributed by atoms with Crippen molar-refractivity contribution in [3.8, 4) is 0 Å². The minimum absolute atomic E-state index is 0.230. The number of nitrogens with zero attached hydrogens (tertiary/aromatic N) is 1. The molecule has 0 aliphatic carbocycles. The zero-order valence-corrected chi connectivity index (χ0v) is 17.5. The summed E-state index contributed by atoms with van der Waals surface area (Å²) in [6.07, 6.45) is -2.50. The molecule has 6 heteroatoms. The van der Waals surface area contributed by atoms with Gasteiger partial charge >= 0.3 is 6.18 Å². The molecule has 0 aliphatic rings. The summed E-state index contributed by atoms with van der Waals surface area (Å²) in [5.41, 5.74) is 1.99. The van der Waals surface area contributed by atoms with E-state index in [1.807, 2.05) is 66.9 Å². The van der Waals surface area contributed by atoms with Crippen molar-refractivity contribution in [2.75, 3.05) is 6.54 Å². The number of aliphatic hydroxyl groups is 1. The lowest BCUT2D eigenvalue weighted by Crippen LogP contribution is -2.35.